The van der Waals surface area contributed by atoms with Crippen LogP contribution in [0.4, 0.5) is 5.69 Å². The fourth-order valence-electron chi connectivity index (χ4n) is 2.35. The molecule has 0 radical (unpaired) electrons. The van der Waals surface area contributed by atoms with Crippen molar-refractivity contribution in [3.05, 3.63) is 39.4 Å². The fourth-order valence-corrected chi connectivity index (χ4v) is 2.35. The van der Waals surface area contributed by atoms with E-state index in [9.17, 15) is 10.1 Å². The molecule has 1 aromatic carbocycles. The van der Waals surface area contributed by atoms with Crippen LogP contribution in [0.3, 0.4) is 0 Å². The molecule has 0 spiro atoms. The van der Waals surface area contributed by atoms with E-state index in [2.05, 4.69) is 5.32 Å². The van der Waals surface area contributed by atoms with Crippen LogP contribution >= 0.6 is 0 Å². The minimum absolute atomic E-state index is 0.218. The average molecular weight is 234 g/mol. The Morgan fingerprint density at radius 2 is 2.12 bits per heavy atom. The van der Waals surface area contributed by atoms with Gasteiger partial charge in [-0.1, -0.05) is 25.0 Å². The molecular weight excluding hydrogens is 216 g/mol. The van der Waals surface area contributed by atoms with Gasteiger partial charge < -0.3 is 5.32 Å². The Labute approximate surface area is 101 Å². The number of nitrogens with one attached hydrogen (secondary N) is 1. The molecule has 1 aromatic rings. The van der Waals surface area contributed by atoms with Crippen LogP contribution in [0.2, 0.25) is 0 Å². The number of hydrogen-bond acceptors (Lipinski definition) is 3. The first-order chi connectivity index (χ1) is 8.16. The van der Waals surface area contributed by atoms with Crippen molar-refractivity contribution in [1.29, 1.82) is 0 Å². The largest absolute Gasteiger partial charge is 0.310 e. The number of nitro benzene ring substituents is 1. The summed E-state index contributed by atoms with van der Waals surface area (Å²) in [5.41, 5.74) is 1.93. The summed E-state index contributed by atoms with van der Waals surface area (Å²) in [6, 6.07) is 6.06. The normalized spacial score (nSPS) is 16.3. The lowest BCUT2D eigenvalue weighted by molar-refractivity contribution is -0.385. The van der Waals surface area contributed by atoms with Gasteiger partial charge in [0.1, 0.15) is 0 Å². The molecule has 4 heteroatoms. The van der Waals surface area contributed by atoms with Crippen molar-refractivity contribution < 1.29 is 4.92 Å². The zero-order chi connectivity index (χ0) is 12.3. The predicted octanol–water partition coefficient (Wildman–Crippen LogP) is 2.94. The Kier molecular flexibility index (Phi) is 3.74. The first-order valence-corrected chi connectivity index (χ1v) is 6.14. The van der Waals surface area contributed by atoms with Gasteiger partial charge in [0.05, 0.1) is 4.92 Å². The Hall–Kier alpha value is -1.42. The summed E-state index contributed by atoms with van der Waals surface area (Å²) in [4.78, 5) is 10.5. The molecule has 1 saturated carbocycles. The quantitative estimate of drug-likeness (QED) is 0.643. The number of aryl methyl sites for hydroxylation is 1. The summed E-state index contributed by atoms with van der Waals surface area (Å²) < 4.78 is 0. The second-order valence-corrected chi connectivity index (χ2v) is 4.74. The molecule has 1 aliphatic rings. The number of nitro groups is 1. The van der Waals surface area contributed by atoms with E-state index in [1.807, 2.05) is 12.1 Å². The lowest BCUT2D eigenvalue weighted by Crippen LogP contribution is -2.25. The lowest BCUT2D eigenvalue weighted by Gasteiger charge is -2.11. The van der Waals surface area contributed by atoms with Gasteiger partial charge in [-0.05, 0) is 25.3 Å². The van der Waals surface area contributed by atoms with Gasteiger partial charge in [-0.2, -0.15) is 0 Å². The Morgan fingerprint density at radius 1 is 1.41 bits per heavy atom. The molecule has 0 bridgehead atoms. The molecule has 0 aliphatic heterocycles. The molecular formula is C13H18N2O2. The first-order valence-electron chi connectivity index (χ1n) is 6.14. The molecule has 0 atom stereocenters. The van der Waals surface area contributed by atoms with E-state index in [-0.39, 0.29) is 10.6 Å². The molecule has 2 rings (SSSR count). The Balaban J connectivity index is 2.00. The van der Waals surface area contributed by atoms with Crippen LogP contribution in [0.25, 0.3) is 0 Å². The Bertz CT molecular complexity index is 412. The predicted molar refractivity (Wildman–Crippen MR) is 66.9 cm³/mol. The van der Waals surface area contributed by atoms with Crippen LogP contribution in [0.5, 0.6) is 0 Å². The summed E-state index contributed by atoms with van der Waals surface area (Å²) in [5.74, 6) is 0. The van der Waals surface area contributed by atoms with Crippen LogP contribution in [0.15, 0.2) is 18.2 Å². The SMILES string of the molecule is Cc1ccc(CNC2CCCC2)cc1[N+](=O)[O-]. The minimum Gasteiger partial charge on any atom is -0.310 e. The molecule has 0 aromatic heterocycles. The second-order valence-electron chi connectivity index (χ2n) is 4.74. The summed E-state index contributed by atoms with van der Waals surface area (Å²) in [6.45, 7) is 2.50. The molecule has 92 valence electrons. The van der Waals surface area contributed by atoms with E-state index in [0.29, 0.717) is 6.04 Å². The van der Waals surface area contributed by atoms with Crippen molar-refractivity contribution in [3.63, 3.8) is 0 Å². The number of benzene rings is 1. The van der Waals surface area contributed by atoms with Crippen molar-refractivity contribution in [1.82, 2.24) is 5.32 Å². The standard InChI is InChI=1S/C13H18N2O2/c1-10-6-7-11(8-13(10)15(16)17)9-14-12-4-2-3-5-12/h6-8,12,14H,2-5,9H2,1H3. The van der Waals surface area contributed by atoms with Crippen LogP contribution in [-0.4, -0.2) is 11.0 Å². The number of rotatable bonds is 4. The maximum Gasteiger partial charge on any atom is 0.272 e. The van der Waals surface area contributed by atoms with Gasteiger partial charge in [0.15, 0.2) is 0 Å². The third kappa shape index (κ3) is 3.03. The van der Waals surface area contributed by atoms with Gasteiger partial charge in [-0.3, -0.25) is 10.1 Å². The zero-order valence-corrected chi connectivity index (χ0v) is 10.1. The molecule has 1 fully saturated rings. The molecule has 1 N–H and O–H groups in total. The summed E-state index contributed by atoms with van der Waals surface area (Å²) >= 11 is 0. The highest BCUT2D eigenvalue weighted by Gasteiger charge is 2.15. The first kappa shape index (κ1) is 12.0. The van der Waals surface area contributed by atoms with Crippen molar-refractivity contribution in [2.45, 2.75) is 45.2 Å². The summed E-state index contributed by atoms with van der Waals surface area (Å²) in [6.07, 6.45) is 5.05. The van der Waals surface area contributed by atoms with E-state index in [0.717, 1.165) is 17.7 Å². The highest BCUT2D eigenvalue weighted by atomic mass is 16.6. The fraction of sp³-hybridized carbons (Fsp3) is 0.538. The van der Waals surface area contributed by atoms with Crippen LogP contribution in [-0.2, 0) is 6.54 Å². The molecule has 0 unspecified atom stereocenters. The topological polar surface area (TPSA) is 55.2 Å². The van der Waals surface area contributed by atoms with Gasteiger partial charge in [-0.15, -0.1) is 0 Å². The van der Waals surface area contributed by atoms with Crippen LogP contribution in [0.1, 0.15) is 36.8 Å². The molecule has 17 heavy (non-hydrogen) atoms. The zero-order valence-electron chi connectivity index (χ0n) is 10.1. The lowest BCUT2D eigenvalue weighted by atomic mass is 10.1. The molecule has 4 nitrogen and oxygen atoms in total. The molecule has 0 heterocycles. The van der Waals surface area contributed by atoms with Crippen LogP contribution in [0, 0.1) is 17.0 Å². The van der Waals surface area contributed by atoms with E-state index >= 15 is 0 Å². The molecule has 0 amide bonds. The van der Waals surface area contributed by atoms with E-state index in [4.69, 9.17) is 0 Å². The van der Waals surface area contributed by atoms with Crippen molar-refractivity contribution in [2.24, 2.45) is 0 Å². The average Bonchev–Trinajstić information content (AvgIpc) is 2.80. The minimum atomic E-state index is -0.311. The van der Waals surface area contributed by atoms with Crippen molar-refractivity contribution in [2.75, 3.05) is 0 Å². The van der Waals surface area contributed by atoms with Crippen LogP contribution < -0.4 is 5.32 Å². The highest BCUT2D eigenvalue weighted by Crippen LogP contribution is 2.21. The van der Waals surface area contributed by atoms with E-state index in [1.165, 1.54) is 25.7 Å². The summed E-state index contributed by atoms with van der Waals surface area (Å²) in [5, 5.41) is 14.3. The third-order valence-electron chi connectivity index (χ3n) is 3.42. The van der Waals surface area contributed by atoms with Gasteiger partial charge in [-0.25, -0.2) is 0 Å². The monoisotopic (exact) mass is 234 g/mol. The van der Waals surface area contributed by atoms with Gasteiger partial charge in [0.2, 0.25) is 0 Å². The van der Waals surface area contributed by atoms with Gasteiger partial charge in [0, 0.05) is 24.2 Å². The van der Waals surface area contributed by atoms with E-state index in [1.54, 1.807) is 13.0 Å². The highest BCUT2D eigenvalue weighted by molar-refractivity contribution is 5.42. The van der Waals surface area contributed by atoms with E-state index < -0.39 is 0 Å². The van der Waals surface area contributed by atoms with Gasteiger partial charge >= 0.3 is 0 Å². The van der Waals surface area contributed by atoms with Crippen molar-refractivity contribution >= 4 is 5.69 Å². The maximum atomic E-state index is 10.8. The number of nitrogens with zero attached hydrogens (tertiary/aromatic N) is 1. The molecule has 0 saturated heterocycles. The molecule has 1 aliphatic carbocycles. The van der Waals surface area contributed by atoms with Crippen molar-refractivity contribution in [3.8, 4) is 0 Å². The summed E-state index contributed by atoms with van der Waals surface area (Å²) in [7, 11) is 0. The second kappa shape index (κ2) is 5.27. The van der Waals surface area contributed by atoms with Gasteiger partial charge in [0.25, 0.3) is 5.69 Å². The Morgan fingerprint density at radius 3 is 2.76 bits per heavy atom. The third-order valence-corrected chi connectivity index (χ3v) is 3.42. The maximum absolute atomic E-state index is 10.8. The number of hydrogen-bond donors (Lipinski definition) is 1. The smallest absolute Gasteiger partial charge is 0.272 e.